The Morgan fingerprint density at radius 3 is 2.59 bits per heavy atom. The maximum absolute atomic E-state index is 12.5. The van der Waals surface area contributed by atoms with Crippen LogP contribution < -0.4 is 10.2 Å². The maximum Gasteiger partial charge on any atom is 0.200 e. The zero-order valence-corrected chi connectivity index (χ0v) is 12.6. The number of rotatable bonds is 3. The van der Waals surface area contributed by atoms with Crippen LogP contribution in [0.5, 0.6) is 5.75 Å². The number of halogens is 1. The van der Waals surface area contributed by atoms with E-state index >= 15 is 0 Å². The Morgan fingerprint density at radius 1 is 1.09 bits per heavy atom. The quantitative estimate of drug-likeness (QED) is 0.708. The van der Waals surface area contributed by atoms with Crippen molar-refractivity contribution in [3.05, 3.63) is 75.1 Å². The van der Waals surface area contributed by atoms with Gasteiger partial charge < -0.3 is 9.15 Å². The molecule has 0 N–H and O–H groups in total. The van der Waals surface area contributed by atoms with Gasteiger partial charge in [0.05, 0.1) is 18.1 Å². The van der Waals surface area contributed by atoms with Crippen LogP contribution in [0.15, 0.2) is 57.9 Å². The molecular formula is C18H13ClO3. The van der Waals surface area contributed by atoms with Crippen molar-refractivity contribution in [1.82, 2.24) is 0 Å². The predicted molar refractivity (Wildman–Crippen MR) is 89.4 cm³/mol. The van der Waals surface area contributed by atoms with E-state index in [1.807, 2.05) is 18.2 Å². The van der Waals surface area contributed by atoms with E-state index in [9.17, 15) is 4.79 Å². The van der Waals surface area contributed by atoms with Gasteiger partial charge >= 0.3 is 0 Å². The predicted octanol–water partition coefficient (Wildman–Crippen LogP) is 4.63. The van der Waals surface area contributed by atoms with E-state index in [2.05, 4.69) is 0 Å². The minimum absolute atomic E-state index is 0.0923. The van der Waals surface area contributed by atoms with Gasteiger partial charge in [0.25, 0.3) is 0 Å². The third-order valence-corrected chi connectivity index (χ3v) is 3.58. The van der Waals surface area contributed by atoms with Crippen LogP contribution in [0.4, 0.5) is 0 Å². The number of ether oxygens (including phenoxy) is 1. The molecule has 2 aromatic carbocycles. The van der Waals surface area contributed by atoms with Crippen LogP contribution in [-0.4, -0.2) is 7.11 Å². The zero-order chi connectivity index (χ0) is 15.5. The minimum Gasteiger partial charge on any atom is -0.497 e. The molecule has 0 saturated carbocycles. The van der Waals surface area contributed by atoms with E-state index in [-0.39, 0.29) is 5.43 Å². The van der Waals surface area contributed by atoms with Crippen LogP contribution in [0.2, 0.25) is 5.02 Å². The lowest BCUT2D eigenvalue weighted by Crippen LogP contribution is -2.04. The second kappa shape index (κ2) is 6.08. The molecule has 0 saturated heterocycles. The van der Waals surface area contributed by atoms with Crippen LogP contribution in [0, 0.1) is 0 Å². The van der Waals surface area contributed by atoms with Crippen LogP contribution >= 0.6 is 11.6 Å². The van der Waals surface area contributed by atoms with Crippen LogP contribution in [-0.2, 0) is 0 Å². The summed E-state index contributed by atoms with van der Waals surface area (Å²) in [6.07, 6.45) is 5.03. The monoisotopic (exact) mass is 312 g/mol. The third-order valence-electron chi connectivity index (χ3n) is 3.33. The summed E-state index contributed by atoms with van der Waals surface area (Å²) in [5, 5.41) is 1.17. The van der Waals surface area contributed by atoms with Gasteiger partial charge in [0.1, 0.15) is 17.6 Å². The molecule has 1 heterocycles. The first-order chi connectivity index (χ1) is 10.7. The second-order valence-corrected chi connectivity index (χ2v) is 5.20. The van der Waals surface area contributed by atoms with E-state index in [0.717, 1.165) is 5.56 Å². The van der Waals surface area contributed by atoms with Gasteiger partial charge in [-0.1, -0.05) is 29.8 Å². The average Bonchev–Trinajstić information content (AvgIpc) is 2.55. The molecule has 0 amide bonds. The van der Waals surface area contributed by atoms with Crippen molar-refractivity contribution in [2.75, 3.05) is 7.11 Å². The molecule has 0 bridgehead atoms. The summed E-state index contributed by atoms with van der Waals surface area (Å²) < 4.78 is 10.6. The van der Waals surface area contributed by atoms with E-state index in [0.29, 0.717) is 27.3 Å². The van der Waals surface area contributed by atoms with E-state index in [1.165, 1.54) is 6.26 Å². The summed E-state index contributed by atoms with van der Waals surface area (Å²) in [5.74, 6) is 0.624. The normalized spacial score (nSPS) is 11.2. The van der Waals surface area contributed by atoms with Crippen molar-refractivity contribution in [1.29, 1.82) is 0 Å². The number of fused-ring (bicyclic) bond motifs is 1. The number of hydrogen-bond acceptors (Lipinski definition) is 3. The molecular weight excluding hydrogens is 300 g/mol. The van der Waals surface area contributed by atoms with Crippen molar-refractivity contribution < 1.29 is 9.15 Å². The van der Waals surface area contributed by atoms with Gasteiger partial charge in [0.15, 0.2) is 5.43 Å². The fraction of sp³-hybridized carbons (Fsp3) is 0.0556. The Bertz CT molecular complexity index is 892. The summed E-state index contributed by atoms with van der Waals surface area (Å²) in [6, 6.07) is 12.5. The molecule has 0 spiro atoms. The van der Waals surface area contributed by atoms with Crippen LogP contribution in [0.25, 0.3) is 23.1 Å². The Kier molecular flexibility index (Phi) is 3.98. The van der Waals surface area contributed by atoms with Crippen molar-refractivity contribution in [2.45, 2.75) is 0 Å². The molecule has 0 atom stereocenters. The van der Waals surface area contributed by atoms with Crippen molar-refractivity contribution in [2.24, 2.45) is 0 Å². The average molecular weight is 313 g/mol. The lowest BCUT2D eigenvalue weighted by Gasteiger charge is -2.02. The highest BCUT2D eigenvalue weighted by atomic mass is 35.5. The number of benzene rings is 2. The summed E-state index contributed by atoms with van der Waals surface area (Å²) >= 11 is 5.85. The third kappa shape index (κ3) is 2.90. The smallest absolute Gasteiger partial charge is 0.200 e. The van der Waals surface area contributed by atoms with Crippen LogP contribution in [0.1, 0.15) is 11.1 Å². The molecule has 3 nitrogen and oxygen atoms in total. The minimum atomic E-state index is -0.0923. The summed E-state index contributed by atoms with van der Waals surface area (Å²) in [5.41, 5.74) is 1.88. The molecule has 3 rings (SSSR count). The van der Waals surface area contributed by atoms with Gasteiger partial charge in [-0.15, -0.1) is 0 Å². The van der Waals surface area contributed by atoms with Gasteiger partial charge in [-0.3, -0.25) is 4.79 Å². The number of hydrogen-bond donors (Lipinski definition) is 0. The van der Waals surface area contributed by atoms with Gasteiger partial charge in [-0.05, 0) is 42.0 Å². The van der Waals surface area contributed by atoms with Crippen molar-refractivity contribution in [3.63, 3.8) is 0 Å². The van der Waals surface area contributed by atoms with Gasteiger partial charge in [0, 0.05) is 5.02 Å². The largest absolute Gasteiger partial charge is 0.497 e. The van der Waals surface area contributed by atoms with E-state index in [4.69, 9.17) is 20.8 Å². The first-order valence-corrected chi connectivity index (χ1v) is 7.08. The molecule has 1 aromatic heterocycles. The highest BCUT2D eigenvalue weighted by molar-refractivity contribution is 6.30. The van der Waals surface area contributed by atoms with Crippen molar-refractivity contribution >= 4 is 34.7 Å². The zero-order valence-electron chi connectivity index (χ0n) is 11.9. The Labute approximate surface area is 132 Å². The molecule has 0 aliphatic carbocycles. The van der Waals surface area contributed by atoms with E-state index < -0.39 is 0 Å². The maximum atomic E-state index is 12.5. The molecule has 0 fully saturated rings. The summed E-state index contributed by atoms with van der Waals surface area (Å²) in [6.45, 7) is 0. The fourth-order valence-corrected chi connectivity index (χ4v) is 2.25. The molecule has 4 heteroatoms. The summed E-state index contributed by atoms with van der Waals surface area (Å²) in [4.78, 5) is 12.5. The fourth-order valence-electron chi connectivity index (χ4n) is 2.13. The summed E-state index contributed by atoms with van der Waals surface area (Å²) in [7, 11) is 1.56. The molecule has 0 aliphatic heterocycles. The molecule has 22 heavy (non-hydrogen) atoms. The number of methoxy groups -OCH3 is 1. The lowest BCUT2D eigenvalue weighted by atomic mass is 10.1. The first kappa shape index (κ1) is 14.4. The van der Waals surface area contributed by atoms with Gasteiger partial charge in [0.2, 0.25) is 0 Å². The van der Waals surface area contributed by atoms with Crippen LogP contribution in [0.3, 0.4) is 0 Å². The highest BCUT2D eigenvalue weighted by Crippen LogP contribution is 2.19. The molecule has 0 aliphatic rings. The standard InChI is InChI=1S/C18H13ClO3/c1-21-15-8-9-17-16(10-15)18(20)13(11-22-17)5-2-12-3-6-14(19)7-4-12/h2-11H,1H3/b5-2+. The highest BCUT2D eigenvalue weighted by Gasteiger charge is 2.06. The molecule has 3 aromatic rings. The SMILES string of the molecule is COc1ccc2occ(/C=C/c3ccc(Cl)cc3)c(=O)c2c1. The molecule has 0 radical (unpaired) electrons. The van der Waals surface area contributed by atoms with Crippen molar-refractivity contribution in [3.8, 4) is 5.75 Å². The Balaban J connectivity index is 2.02. The molecule has 110 valence electrons. The van der Waals surface area contributed by atoms with E-state index in [1.54, 1.807) is 43.5 Å². The second-order valence-electron chi connectivity index (χ2n) is 4.77. The lowest BCUT2D eigenvalue weighted by molar-refractivity contribution is 0.415. The first-order valence-electron chi connectivity index (χ1n) is 6.70. The van der Waals surface area contributed by atoms with Gasteiger partial charge in [-0.2, -0.15) is 0 Å². The molecule has 0 unspecified atom stereocenters. The Morgan fingerprint density at radius 2 is 1.86 bits per heavy atom. The van der Waals surface area contributed by atoms with Gasteiger partial charge in [-0.25, -0.2) is 0 Å². The topological polar surface area (TPSA) is 39.4 Å². The Hall–Kier alpha value is -2.52.